The molecule has 1 amide bonds. The van der Waals surface area contributed by atoms with Crippen LogP contribution in [0.5, 0.6) is 0 Å². The summed E-state index contributed by atoms with van der Waals surface area (Å²) in [5.74, 6) is 0.0198. The Morgan fingerprint density at radius 1 is 1.50 bits per heavy atom. The third-order valence-corrected chi connectivity index (χ3v) is 3.00. The van der Waals surface area contributed by atoms with Crippen molar-refractivity contribution < 1.29 is 4.79 Å². The molecule has 4 nitrogen and oxygen atoms in total. The minimum Gasteiger partial charge on any atom is -0.389 e. The van der Waals surface area contributed by atoms with Gasteiger partial charge < -0.3 is 16.0 Å². The summed E-state index contributed by atoms with van der Waals surface area (Å²) >= 11 is 5.04. The maximum atomic E-state index is 11.2. The molecule has 0 aliphatic carbocycles. The second-order valence-electron chi connectivity index (χ2n) is 4.23. The number of anilines is 1. The molecule has 0 atom stereocenters. The third-order valence-electron chi connectivity index (χ3n) is 2.78. The molecule has 0 aromatic heterocycles. The molecule has 5 heteroatoms. The summed E-state index contributed by atoms with van der Waals surface area (Å²) in [5, 5.41) is 2.60. The number of thiocarbonyl (C=S) groups is 1. The van der Waals surface area contributed by atoms with Crippen LogP contribution in [0.1, 0.15) is 17.5 Å². The van der Waals surface area contributed by atoms with E-state index in [1.54, 1.807) is 7.05 Å². The standard InChI is InChI=1S/C13H19N3OS/c1-9-4-5-10(13(14)18)11(8-9)16(3)7-6-12(17)15-2/h4-5,8H,6-7H2,1-3H3,(H2,14,18)(H,15,17). The van der Waals surface area contributed by atoms with Gasteiger partial charge >= 0.3 is 0 Å². The highest BCUT2D eigenvalue weighted by Crippen LogP contribution is 2.21. The summed E-state index contributed by atoms with van der Waals surface area (Å²) in [6, 6.07) is 5.92. The van der Waals surface area contributed by atoms with Crippen LogP contribution in [0.25, 0.3) is 0 Å². The zero-order chi connectivity index (χ0) is 13.7. The Kier molecular flexibility index (Phi) is 5.09. The van der Waals surface area contributed by atoms with Crippen LogP contribution in [0.3, 0.4) is 0 Å². The monoisotopic (exact) mass is 265 g/mol. The molecule has 1 aromatic rings. The Bertz CT molecular complexity index is 460. The number of aryl methyl sites for hydroxylation is 1. The highest BCUT2D eigenvalue weighted by Gasteiger charge is 2.11. The van der Waals surface area contributed by atoms with Gasteiger partial charge in [-0.15, -0.1) is 0 Å². The van der Waals surface area contributed by atoms with Crippen molar-refractivity contribution in [1.29, 1.82) is 0 Å². The second kappa shape index (κ2) is 6.35. The highest BCUT2D eigenvalue weighted by atomic mass is 32.1. The summed E-state index contributed by atoms with van der Waals surface area (Å²) in [7, 11) is 3.56. The SMILES string of the molecule is CNC(=O)CCN(C)c1cc(C)ccc1C(N)=S. The molecule has 0 spiro atoms. The summed E-state index contributed by atoms with van der Waals surface area (Å²) in [6.07, 6.45) is 0.442. The molecule has 98 valence electrons. The van der Waals surface area contributed by atoms with E-state index in [2.05, 4.69) is 5.32 Å². The van der Waals surface area contributed by atoms with Gasteiger partial charge in [0.25, 0.3) is 0 Å². The van der Waals surface area contributed by atoms with E-state index < -0.39 is 0 Å². The average Bonchev–Trinajstić information content (AvgIpc) is 2.34. The van der Waals surface area contributed by atoms with Crippen LogP contribution in [0.15, 0.2) is 18.2 Å². The molecule has 0 aliphatic heterocycles. The molecular formula is C13H19N3OS. The normalized spacial score (nSPS) is 9.94. The summed E-state index contributed by atoms with van der Waals surface area (Å²) in [4.78, 5) is 13.6. The first-order valence-corrected chi connectivity index (χ1v) is 6.18. The number of amides is 1. The van der Waals surface area contributed by atoms with Crippen LogP contribution in [0.4, 0.5) is 5.69 Å². The van der Waals surface area contributed by atoms with Crippen LogP contribution in [0, 0.1) is 6.92 Å². The first kappa shape index (κ1) is 14.4. The molecule has 3 N–H and O–H groups in total. The zero-order valence-corrected chi connectivity index (χ0v) is 11.8. The lowest BCUT2D eigenvalue weighted by molar-refractivity contribution is -0.120. The molecule has 0 aliphatic rings. The van der Waals surface area contributed by atoms with Crippen LogP contribution in [-0.2, 0) is 4.79 Å². The van der Waals surface area contributed by atoms with Crippen LogP contribution in [-0.4, -0.2) is 31.5 Å². The number of hydrogen-bond donors (Lipinski definition) is 2. The molecule has 0 fully saturated rings. The van der Waals surface area contributed by atoms with Crippen molar-refractivity contribution in [2.45, 2.75) is 13.3 Å². The lowest BCUT2D eigenvalue weighted by Crippen LogP contribution is -2.28. The summed E-state index contributed by atoms with van der Waals surface area (Å²) in [6.45, 7) is 2.64. The van der Waals surface area contributed by atoms with Gasteiger partial charge in [-0.2, -0.15) is 0 Å². The topological polar surface area (TPSA) is 58.4 Å². The van der Waals surface area contributed by atoms with Gasteiger partial charge in [-0.3, -0.25) is 4.79 Å². The Hall–Kier alpha value is -1.62. The maximum absolute atomic E-state index is 11.2. The second-order valence-corrected chi connectivity index (χ2v) is 4.67. The fourth-order valence-electron chi connectivity index (χ4n) is 1.68. The van der Waals surface area contributed by atoms with Gasteiger partial charge in [0.1, 0.15) is 4.99 Å². The van der Waals surface area contributed by atoms with E-state index >= 15 is 0 Å². The lowest BCUT2D eigenvalue weighted by atomic mass is 10.1. The van der Waals surface area contributed by atoms with Gasteiger partial charge in [-0.25, -0.2) is 0 Å². The number of benzene rings is 1. The summed E-state index contributed by atoms with van der Waals surface area (Å²) in [5.41, 5.74) is 8.65. The van der Waals surface area contributed by atoms with Crippen molar-refractivity contribution in [3.8, 4) is 0 Å². The molecule has 1 rings (SSSR count). The minimum atomic E-state index is 0.0198. The van der Waals surface area contributed by atoms with E-state index in [1.807, 2.05) is 37.1 Å². The van der Waals surface area contributed by atoms with Crippen molar-refractivity contribution in [2.75, 3.05) is 25.5 Å². The van der Waals surface area contributed by atoms with Crippen LogP contribution >= 0.6 is 12.2 Å². The van der Waals surface area contributed by atoms with E-state index in [0.717, 1.165) is 16.8 Å². The van der Waals surface area contributed by atoms with E-state index in [9.17, 15) is 4.79 Å². The predicted octanol–water partition coefficient (Wildman–Crippen LogP) is 1.20. The van der Waals surface area contributed by atoms with Crippen molar-refractivity contribution in [2.24, 2.45) is 5.73 Å². The number of nitrogens with two attached hydrogens (primary N) is 1. The lowest BCUT2D eigenvalue weighted by Gasteiger charge is -2.22. The molecule has 0 unspecified atom stereocenters. The molecule has 0 heterocycles. The van der Waals surface area contributed by atoms with Crippen LogP contribution < -0.4 is 16.0 Å². The van der Waals surface area contributed by atoms with Gasteiger partial charge in [0.2, 0.25) is 5.91 Å². The maximum Gasteiger partial charge on any atom is 0.221 e. The van der Waals surface area contributed by atoms with Gasteiger partial charge in [-0.05, 0) is 24.6 Å². The van der Waals surface area contributed by atoms with E-state index in [1.165, 1.54) is 0 Å². The smallest absolute Gasteiger partial charge is 0.221 e. The zero-order valence-electron chi connectivity index (χ0n) is 11.0. The molecule has 0 saturated heterocycles. The Morgan fingerprint density at radius 3 is 2.72 bits per heavy atom. The predicted molar refractivity (Wildman–Crippen MR) is 79.0 cm³/mol. The molecule has 0 bridgehead atoms. The van der Waals surface area contributed by atoms with Gasteiger partial charge in [0.05, 0.1) is 0 Å². The number of carbonyl (C=O) groups is 1. The highest BCUT2D eigenvalue weighted by molar-refractivity contribution is 7.80. The fraction of sp³-hybridized carbons (Fsp3) is 0.385. The third kappa shape index (κ3) is 3.70. The molecule has 1 aromatic carbocycles. The van der Waals surface area contributed by atoms with E-state index in [4.69, 9.17) is 18.0 Å². The van der Waals surface area contributed by atoms with Crippen molar-refractivity contribution in [3.05, 3.63) is 29.3 Å². The first-order chi connectivity index (χ1) is 8.45. The van der Waals surface area contributed by atoms with E-state index in [0.29, 0.717) is 18.0 Å². The van der Waals surface area contributed by atoms with Crippen LogP contribution in [0.2, 0.25) is 0 Å². The fourth-order valence-corrected chi connectivity index (χ4v) is 1.85. The number of carbonyl (C=O) groups excluding carboxylic acids is 1. The Morgan fingerprint density at radius 2 is 2.17 bits per heavy atom. The molecule has 18 heavy (non-hydrogen) atoms. The number of hydrogen-bond acceptors (Lipinski definition) is 3. The van der Waals surface area contributed by atoms with Crippen molar-refractivity contribution in [1.82, 2.24) is 5.32 Å². The minimum absolute atomic E-state index is 0.0198. The molecule has 0 saturated carbocycles. The number of nitrogens with one attached hydrogen (secondary N) is 1. The summed E-state index contributed by atoms with van der Waals surface area (Å²) < 4.78 is 0. The van der Waals surface area contributed by atoms with Gasteiger partial charge in [0.15, 0.2) is 0 Å². The first-order valence-electron chi connectivity index (χ1n) is 5.78. The van der Waals surface area contributed by atoms with Gasteiger partial charge in [-0.1, -0.05) is 18.3 Å². The van der Waals surface area contributed by atoms with Crippen molar-refractivity contribution >= 4 is 28.8 Å². The number of rotatable bonds is 5. The van der Waals surface area contributed by atoms with Gasteiger partial charge in [0, 0.05) is 38.3 Å². The number of nitrogens with zero attached hydrogens (tertiary/aromatic N) is 1. The largest absolute Gasteiger partial charge is 0.389 e. The molecular weight excluding hydrogens is 246 g/mol. The average molecular weight is 265 g/mol. The van der Waals surface area contributed by atoms with E-state index in [-0.39, 0.29) is 5.91 Å². The quantitative estimate of drug-likeness (QED) is 0.786. The Labute approximate surface area is 113 Å². The van der Waals surface area contributed by atoms with Crippen molar-refractivity contribution in [3.63, 3.8) is 0 Å². The Balaban J connectivity index is 2.89. The molecule has 0 radical (unpaired) electrons.